The molecule has 0 saturated heterocycles. The summed E-state index contributed by atoms with van der Waals surface area (Å²) in [5, 5.41) is 10.6. The fraction of sp³-hybridized carbons (Fsp3) is 0.414. The van der Waals surface area contributed by atoms with Crippen molar-refractivity contribution in [3.8, 4) is 17.2 Å². The summed E-state index contributed by atoms with van der Waals surface area (Å²) in [6, 6.07) is 14.6. The van der Waals surface area contributed by atoms with Crippen molar-refractivity contribution in [2.75, 3.05) is 37.9 Å². The third-order valence-electron chi connectivity index (χ3n) is 6.05. The van der Waals surface area contributed by atoms with E-state index < -0.39 is 0 Å². The van der Waals surface area contributed by atoms with Gasteiger partial charge in [-0.1, -0.05) is 46.2 Å². The fourth-order valence-corrected chi connectivity index (χ4v) is 3.85. The van der Waals surface area contributed by atoms with Gasteiger partial charge in [0.1, 0.15) is 23.9 Å². The van der Waals surface area contributed by atoms with Crippen LogP contribution in [-0.4, -0.2) is 53.9 Å². The van der Waals surface area contributed by atoms with Crippen molar-refractivity contribution in [3.05, 3.63) is 59.8 Å². The van der Waals surface area contributed by atoms with Crippen LogP contribution in [0.2, 0.25) is 0 Å². The largest absolute Gasteiger partial charge is 0.497 e. The lowest BCUT2D eigenvalue weighted by Crippen LogP contribution is -2.41. The van der Waals surface area contributed by atoms with Gasteiger partial charge in [0, 0.05) is 24.1 Å². The summed E-state index contributed by atoms with van der Waals surface area (Å²) < 4.78 is 12.4. The summed E-state index contributed by atoms with van der Waals surface area (Å²) in [6.07, 6.45) is 1.64. The van der Waals surface area contributed by atoms with Gasteiger partial charge in [-0.05, 0) is 43.2 Å². The number of urea groups is 1. The van der Waals surface area contributed by atoms with Crippen molar-refractivity contribution in [1.29, 1.82) is 0 Å². The zero-order valence-corrected chi connectivity index (χ0v) is 23.4. The number of carbonyl (C=O) groups is 2. The lowest BCUT2D eigenvalue weighted by molar-refractivity contribution is -0.116. The smallest absolute Gasteiger partial charge is 0.322 e. The number of aryl methyl sites for hydroxylation is 1. The van der Waals surface area contributed by atoms with Gasteiger partial charge < -0.3 is 25.0 Å². The van der Waals surface area contributed by atoms with Gasteiger partial charge in [0.25, 0.3) is 0 Å². The molecule has 0 radical (unpaired) electrons. The Morgan fingerprint density at radius 1 is 1.03 bits per heavy atom. The highest BCUT2D eigenvalue weighted by Gasteiger charge is 2.23. The molecule has 3 amide bonds. The number of methoxy groups -OCH3 is 2. The SMILES string of the molecule is CCCCN(CC(=O)Nc1cc(C(C)(C)C)nn1-c1cccc(C)c1)C(=O)Nc1ccc(OC)cc1OC. The minimum atomic E-state index is -0.389. The van der Waals surface area contributed by atoms with Gasteiger partial charge in [0.05, 0.1) is 31.3 Å². The molecular formula is C29H39N5O4. The predicted octanol–water partition coefficient (Wildman–Crippen LogP) is 5.77. The van der Waals surface area contributed by atoms with Crippen LogP contribution in [0.25, 0.3) is 5.69 Å². The Morgan fingerprint density at radius 3 is 2.42 bits per heavy atom. The van der Waals surface area contributed by atoms with Gasteiger partial charge >= 0.3 is 6.03 Å². The number of anilines is 2. The minimum absolute atomic E-state index is 0.117. The molecule has 3 rings (SSSR count). The minimum Gasteiger partial charge on any atom is -0.497 e. The molecule has 204 valence electrons. The van der Waals surface area contributed by atoms with Crippen molar-refractivity contribution >= 4 is 23.4 Å². The van der Waals surface area contributed by atoms with Crippen LogP contribution in [0.15, 0.2) is 48.5 Å². The number of amides is 3. The van der Waals surface area contributed by atoms with E-state index >= 15 is 0 Å². The lowest BCUT2D eigenvalue weighted by atomic mass is 9.92. The molecule has 1 aromatic heterocycles. The second-order valence-electron chi connectivity index (χ2n) is 10.2. The average Bonchev–Trinajstić information content (AvgIpc) is 3.31. The second-order valence-corrected chi connectivity index (χ2v) is 10.2. The summed E-state index contributed by atoms with van der Waals surface area (Å²) in [5.74, 6) is 1.32. The Labute approximate surface area is 225 Å². The van der Waals surface area contributed by atoms with Crippen LogP contribution in [-0.2, 0) is 10.2 Å². The molecule has 0 aliphatic carbocycles. The van der Waals surface area contributed by atoms with Crippen LogP contribution in [0.1, 0.15) is 51.8 Å². The summed E-state index contributed by atoms with van der Waals surface area (Å²) in [4.78, 5) is 28.0. The van der Waals surface area contributed by atoms with Crippen LogP contribution in [0, 0.1) is 6.92 Å². The molecule has 2 N–H and O–H groups in total. The molecule has 38 heavy (non-hydrogen) atoms. The third-order valence-corrected chi connectivity index (χ3v) is 6.05. The van der Waals surface area contributed by atoms with Crippen molar-refractivity contribution in [3.63, 3.8) is 0 Å². The molecule has 0 saturated carbocycles. The van der Waals surface area contributed by atoms with Crippen molar-refractivity contribution in [2.45, 2.75) is 52.9 Å². The number of nitrogens with one attached hydrogen (secondary N) is 2. The first kappa shape index (κ1) is 28.6. The summed E-state index contributed by atoms with van der Waals surface area (Å²) >= 11 is 0. The standard InChI is InChI=1S/C29H39N5O4/c1-8-9-15-33(28(36)30-23-14-13-22(37-6)17-24(23)38-7)19-27(35)31-26-18-25(29(3,4)5)32-34(26)21-12-10-11-20(2)16-21/h10-14,16-18H,8-9,15,19H2,1-7H3,(H,30,36)(H,31,35). The van der Waals surface area contributed by atoms with Gasteiger partial charge in [0.2, 0.25) is 5.91 Å². The maximum Gasteiger partial charge on any atom is 0.322 e. The van der Waals surface area contributed by atoms with E-state index in [2.05, 4.69) is 31.4 Å². The van der Waals surface area contributed by atoms with Gasteiger partial charge in [-0.2, -0.15) is 5.10 Å². The molecule has 0 aliphatic heterocycles. The molecule has 0 atom stereocenters. The number of unbranched alkanes of at least 4 members (excludes halogenated alkanes) is 1. The number of benzene rings is 2. The average molecular weight is 522 g/mol. The maximum absolute atomic E-state index is 13.2. The number of carbonyl (C=O) groups excluding carboxylic acids is 2. The Morgan fingerprint density at radius 2 is 1.79 bits per heavy atom. The van der Waals surface area contributed by atoms with E-state index in [1.165, 1.54) is 12.0 Å². The van der Waals surface area contributed by atoms with Gasteiger partial charge in [0.15, 0.2) is 0 Å². The number of hydrogen-bond donors (Lipinski definition) is 2. The summed E-state index contributed by atoms with van der Waals surface area (Å²) in [6.45, 7) is 10.6. The van der Waals surface area contributed by atoms with Gasteiger partial charge in [-0.15, -0.1) is 0 Å². The van der Waals surface area contributed by atoms with E-state index in [-0.39, 0.29) is 23.9 Å². The quantitative estimate of drug-likeness (QED) is 0.353. The van der Waals surface area contributed by atoms with Crippen LogP contribution in [0.3, 0.4) is 0 Å². The Hall–Kier alpha value is -4.01. The Bertz CT molecular complexity index is 1260. The Balaban J connectivity index is 1.82. The fourth-order valence-electron chi connectivity index (χ4n) is 3.85. The third kappa shape index (κ3) is 7.27. The van der Waals surface area contributed by atoms with Crippen molar-refractivity contribution < 1.29 is 19.1 Å². The van der Waals surface area contributed by atoms with E-state index in [1.54, 1.807) is 30.0 Å². The zero-order chi connectivity index (χ0) is 27.9. The molecule has 0 aliphatic rings. The number of rotatable bonds is 10. The maximum atomic E-state index is 13.2. The Kier molecular flexibility index (Phi) is 9.39. The molecule has 1 heterocycles. The van der Waals surface area contributed by atoms with E-state index in [0.29, 0.717) is 29.5 Å². The molecule has 9 nitrogen and oxygen atoms in total. The van der Waals surface area contributed by atoms with Gasteiger partial charge in [-0.3, -0.25) is 4.79 Å². The molecule has 3 aromatic rings. The molecule has 0 fully saturated rings. The summed E-state index contributed by atoms with van der Waals surface area (Å²) in [7, 11) is 3.09. The molecule has 0 bridgehead atoms. The first-order valence-corrected chi connectivity index (χ1v) is 12.8. The first-order chi connectivity index (χ1) is 18.0. The van der Waals surface area contributed by atoms with Gasteiger partial charge in [-0.25, -0.2) is 9.48 Å². The number of hydrogen-bond acceptors (Lipinski definition) is 5. The highest BCUT2D eigenvalue weighted by Crippen LogP contribution is 2.29. The van der Waals surface area contributed by atoms with E-state index in [1.807, 2.05) is 44.2 Å². The zero-order valence-electron chi connectivity index (χ0n) is 23.4. The van der Waals surface area contributed by atoms with Crippen LogP contribution < -0.4 is 20.1 Å². The first-order valence-electron chi connectivity index (χ1n) is 12.8. The molecule has 2 aromatic carbocycles. The molecule has 0 spiro atoms. The highest BCUT2D eigenvalue weighted by atomic mass is 16.5. The second kappa shape index (κ2) is 12.5. The molecule has 0 unspecified atom stereocenters. The predicted molar refractivity (Wildman–Crippen MR) is 151 cm³/mol. The highest BCUT2D eigenvalue weighted by molar-refractivity contribution is 5.97. The topological polar surface area (TPSA) is 97.7 Å². The van der Waals surface area contributed by atoms with E-state index in [4.69, 9.17) is 14.6 Å². The number of ether oxygens (including phenoxy) is 2. The molecular weight excluding hydrogens is 482 g/mol. The number of aromatic nitrogens is 2. The van der Waals surface area contributed by atoms with E-state index in [9.17, 15) is 9.59 Å². The van der Waals surface area contributed by atoms with Crippen LogP contribution in [0.5, 0.6) is 11.5 Å². The van der Waals surface area contributed by atoms with Crippen LogP contribution in [0.4, 0.5) is 16.3 Å². The number of nitrogens with zero attached hydrogens (tertiary/aromatic N) is 3. The van der Waals surface area contributed by atoms with Crippen molar-refractivity contribution in [2.24, 2.45) is 0 Å². The lowest BCUT2D eigenvalue weighted by Gasteiger charge is -2.23. The normalized spacial score (nSPS) is 11.1. The summed E-state index contributed by atoms with van der Waals surface area (Å²) in [5.41, 5.74) is 3.07. The van der Waals surface area contributed by atoms with Crippen molar-refractivity contribution in [1.82, 2.24) is 14.7 Å². The van der Waals surface area contributed by atoms with Crippen LogP contribution >= 0.6 is 0 Å². The van der Waals surface area contributed by atoms with E-state index in [0.717, 1.165) is 29.8 Å². The monoisotopic (exact) mass is 521 g/mol. The molecule has 9 heteroatoms.